The van der Waals surface area contributed by atoms with Crippen molar-refractivity contribution in [2.75, 3.05) is 13.2 Å². The highest BCUT2D eigenvalue weighted by Gasteiger charge is 2.30. The van der Waals surface area contributed by atoms with Crippen LogP contribution in [0.25, 0.3) is 11.4 Å². The SMILES string of the molecule is FC(F)(F)COc1ccc(OCC(F)(F)F)c(-c2ncn[nH]2)c1. The van der Waals surface area contributed by atoms with Crippen molar-refractivity contribution in [1.82, 2.24) is 15.2 Å². The van der Waals surface area contributed by atoms with Crippen molar-refractivity contribution >= 4 is 0 Å². The first-order valence-electron chi connectivity index (χ1n) is 6.03. The fourth-order valence-electron chi connectivity index (χ4n) is 1.57. The standard InChI is InChI=1S/C12H9F6N3O2/c13-11(14,15)4-22-7-1-2-9(23-5-12(16,17)18)8(3-7)10-19-6-20-21-10/h1-3,6H,4-5H2,(H,19,20,21). The summed E-state index contributed by atoms with van der Waals surface area (Å²) in [6.45, 7) is -3.09. The van der Waals surface area contributed by atoms with E-state index in [4.69, 9.17) is 0 Å². The molecule has 1 N–H and O–H groups in total. The Kier molecular flexibility index (Phi) is 4.66. The summed E-state index contributed by atoms with van der Waals surface area (Å²) in [5.41, 5.74) is -0.00794. The van der Waals surface area contributed by atoms with E-state index in [1.54, 1.807) is 0 Å². The minimum Gasteiger partial charge on any atom is -0.484 e. The van der Waals surface area contributed by atoms with E-state index in [9.17, 15) is 26.3 Å². The largest absolute Gasteiger partial charge is 0.484 e. The van der Waals surface area contributed by atoms with E-state index in [-0.39, 0.29) is 22.9 Å². The molecule has 0 unspecified atom stereocenters. The molecule has 0 aliphatic rings. The number of benzene rings is 1. The molecule has 1 aromatic heterocycles. The summed E-state index contributed by atoms with van der Waals surface area (Å²) in [7, 11) is 0. The van der Waals surface area contributed by atoms with Crippen molar-refractivity contribution in [3.8, 4) is 22.9 Å². The van der Waals surface area contributed by atoms with Crippen molar-refractivity contribution in [3.05, 3.63) is 24.5 Å². The number of halogens is 6. The van der Waals surface area contributed by atoms with Gasteiger partial charge in [-0.1, -0.05) is 0 Å². The molecule has 0 radical (unpaired) electrons. The average molecular weight is 341 g/mol. The van der Waals surface area contributed by atoms with Gasteiger partial charge in [-0.25, -0.2) is 4.98 Å². The van der Waals surface area contributed by atoms with E-state index < -0.39 is 25.6 Å². The average Bonchev–Trinajstić information content (AvgIpc) is 2.95. The number of rotatable bonds is 5. The molecule has 126 valence electrons. The van der Waals surface area contributed by atoms with E-state index in [0.717, 1.165) is 24.5 Å². The van der Waals surface area contributed by atoms with Crippen LogP contribution in [0, 0.1) is 0 Å². The van der Waals surface area contributed by atoms with Gasteiger partial charge < -0.3 is 9.47 Å². The fourth-order valence-corrected chi connectivity index (χ4v) is 1.57. The third-order valence-corrected chi connectivity index (χ3v) is 2.42. The molecule has 0 aliphatic heterocycles. The number of alkyl halides is 6. The van der Waals surface area contributed by atoms with Crippen molar-refractivity contribution < 1.29 is 35.8 Å². The number of hydrogen-bond acceptors (Lipinski definition) is 4. The van der Waals surface area contributed by atoms with Crippen LogP contribution in [0.1, 0.15) is 0 Å². The number of hydrogen-bond donors (Lipinski definition) is 1. The van der Waals surface area contributed by atoms with E-state index in [2.05, 4.69) is 24.7 Å². The van der Waals surface area contributed by atoms with Gasteiger partial charge >= 0.3 is 12.4 Å². The summed E-state index contributed by atoms with van der Waals surface area (Å²) in [6, 6.07) is 3.21. The van der Waals surface area contributed by atoms with Crippen LogP contribution in [0.5, 0.6) is 11.5 Å². The van der Waals surface area contributed by atoms with Crippen molar-refractivity contribution in [3.63, 3.8) is 0 Å². The summed E-state index contributed by atoms with van der Waals surface area (Å²) in [4.78, 5) is 3.74. The quantitative estimate of drug-likeness (QED) is 0.848. The molecule has 0 aliphatic carbocycles. The lowest BCUT2D eigenvalue weighted by Gasteiger charge is -2.14. The lowest BCUT2D eigenvalue weighted by atomic mass is 10.2. The van der Waals surface area contributed by atoms with Crippen LogP contribution >= 0.6 is 0 Å². The summed E-state index contributed by atoms with van der Waals surface area (Å²) in [6.07, 6.45) is -8.02. The molecule has 0 amide bonds. The first-order chi connectivity index (χ1) is 10.6. The van der Waals surface area contributed by atoms with E-state index in [1.165, 1.54) is 0 Å². The van der Waals surface area contributed by atoms with Gasteiger partial charge in [-0.3, -0.25) is 5.10 Å². The van der Waals surface area contributed by atoms with Crippen LogP contribution < -0.4 is 9.47 Å². The van der Waals surface area contributed by atoms with Crippen molar-refractivity contribution in [1.29, 1.82) is 0 Å². The second kappa shape index (κ2) is 6.34. The molecule has 1 aromatic carbocycles. The normalized spacial score (nSPS) is 12.3. The second-order valence-electron chi connectivity index (χ2n) is 4.30. The highest BCUT2D eigenvalue weighted by molar-refractivity contribution is 5.66. The van der Waals surface area contributed by atoms with Crippen LogP contribution in [0.3, 0.4) is 0 Å². The molecule has 0 saturated heterocycles. The zero-order chi connectivity index (χ0) is 17.1. The van der Waals surface area contributed by atoms with Crippen LogP contribution in [0.15, 0.2) is 24.5 Å². The molecule has 2 rings (SSSR count). The zero-order valence-corrected chi connectivity index (χ0v) is 11.2. The van der Waals surface area contributed by atoms with Crippen LogP contribution in [0.4, 0.5) is 26.3 Å². The van der Waals surface area contributed by atoms with Crippen LogP contribution in [-0.2, 0) is 0 Å². The van der Waals surface area contributed by atoms with Crippen molar-refractivity contribution in [2.45, 2.75) is 12.4 Å². The number of aromatic nitrogens is 3. The van der Waals surface area contributed by atoms with Crippen LogP contribution in [-0.4, -0.2) is 40.7 Å². The summed E-state index contributed by atoms with van der Waals surface area (Å²) in [5.74, 6) is -0.397. The van der Waals surface area contributed by atoms with E-state index >= 15 is 0 Å². The Hall–Kier alpha value is -2.46. The Labute approximate surface area is 125 Å². The lowest BCUT2D eigenvalue weighted by Crippen LogP contribution is -2.20. The second-order valence-corrected chi connectivity index (χ2v) is 4.30. The summed E-state index contributed by atoms with van der Waals surface area (Å²) >= 11 is 0. The highest BCUT2D eigenvalue weighted by atomic mass is 19.4. The third kappa shape index (κ3) is 5.34. The smallest absolute Gasteiger partial charge is 0.422 e. The number of nitrogens with zero attached hydrogens (tertiary/aromatic N) is 2. The van der Waals surface area contributed by atoms with Crippen molar-refractivity contribution in [2.24, 2.45) is 0 Å². The molecule has 0 fully saturated rings. The van der Waals surface area contributed by atoms with E-state index in [0.29, 0.717) is 0 Å². The first kappa shape index (κ1) is 16.9. The Bertz CT molecular complexity index is 639. The summed E-state index contributed by atoms with van der Waals surface area (Å²) < 4.78 is 82.3. The molecule has 5 nitrogen and oxygen atoms in total. The van der Waals surface area contributed by atoms with Gasteiger partial charge in [0, 0.05) is 0 Å². The Morgan fingerprint density at radius 3 is 2.17 bits per heavy atom. The lowest BCUT2D eigenvalue weighted by molar-refractivity contribution is -0.154. The van der Waals surface area contributed by atoms with Gasteiger partial charge in [0.1, 0.15) is 17.8 Å². The van der Waals surface area contributed by atoms with Gasteiger partial charge in [0.25, 0.3) is 0 Å². The molecule has 1 heterocycles. The van der Waals surface area contributed by atoms with E-state index in [1.807, 2.05) is 0 Å². The molecular formula is C12H9F6N3O2. The third-order valence-electron chi connectivity index (χ3n) is 2.42. The van der Waals surface area contributed by atoms with Gasteiger partial charge in [0.15, 0.2) is 19.0 Å². The highest BCUT2D eigenvalue weighted by Crippen LogP contribution is 2.33. The van der Waals surface area contributed by atoms with Gasteiger partial charge in [-0.05, 0) is 18.2 Å². The van der Waals surface area contributed by atoms with Gasteiger partial charge in [0.05, 0.1) is 5.56 Å². The minimum atomic E-state index is -4.57. The molecule has 0 bridgehead atoms. The van der Waals surface area contributed by atoms with Gasteiger partial charge in [-0.2, -0.15) is 31.4 Å². The predicted molar refractivity (Wildman–Crippen MR) is 64.9 cm³/mol. The summed E-state index contributed by atoms with van der Waals surface area (Å²) in [5, 5.41) is 5.92. The maximum atomic E-state index is 12.2. The van der Waals surface area contributed by atoms with Crippen LogP contribution in [0.2, 0.25) is 0 Å². The molecular weight excluding hydrogens is 332 g/mol. The Morgan fingerprint density at radius 1 is 0.957 bits per heavy atom. The molecule has 11 heteroatoms. The maximum Gasteiger partial charge on any atom is 0.422 e. The Balaban J connectivity index is 2.25. The number of nitrogens with one attached hydrogen (secondary N) is 1. The molecule has 23 heavy (non-hydrogen) atoms. The first-order valence-corrected chi connectivity index (χ1v) is 6.03. The maximum absolute atomic E-state index is 12.2. The Morgan fingerprint density at radius 2 is 1.61 bits per heavy atom. The number of ether oxygens (including phenoxy) is 2. The zero-order valence-electron chi connectivity index (χ0n) is 11.2. The fraction of sp³-hybridized carbons (Fsp3) is 0.333. The predicted octanol–water partition coefficient (Wildman–Crippen LogP) is 3.35. The topological polar surface area (TPSA) is 60.0 Å². The number of H-pyrrole nitrogens is 1. The minimum absolute atomic E-state index is 0.00794. The number of aromatic amines is 1. The molecule has 2 aromatic rings. The van der Waals surface area contributed by atoms with Gasteiger partial charge in [0.2, 0.25) is 0 Å². The molecule has 0 atom stereocenters. The molecule has 0 saturated carbocycles. The van der Waals surface area contributed by atoms with Gasteiger partial charge in [-0.15, -0.1) is 0 Å². The monoisotopic (exact) mass is 341 g/mol. The molecule has 0 spiro atoms.